The molecule has 2 rings (SSSR count). The number of hydrogen-bond acceptors (Lipinski definition) is 1. The third kappa shape index (κ3) is 1.81. The highest BCUT2D eigenvalue weighted by Gasteiger charge is 2.36. The molecule has 0 aliphatic carbocycles. The molecule has 0 amide bonds. The fraction of sp³-hybridized carbons (Fsp3) is 0.571. The molecule has 1 aromatic carbocycles. The Bertz CT molecular complexity index is 373. The van der Waals surface area contributed by atoms with Crippen molar-refractivity contribution in [3.63, 3.8) is 0 Å². The van der Waals surface area contributed by atoms with Crippen LogP contribution in [0.25, 0.3) is 0 Å². The molecule has 0 saturated heterocycles. The van der Waals surface area contributed by atoms with Crippen LogP contribution >= 0.6 is 0 Å². The molecule has 0 aromatic heterocycles. The van der Waals surface area contributed by atoms with Crippen LogP contribution in [0.2, 0.25) is 0 Å². The molecular formula is C14H20O. The van der Waals surface area contributed by atoms with Crippen LogP contribution in [0.5, 0.6) is 0 Å². The van der Waals surface area contributed by atoms with Crippen molar-refractivity contribution in [3.8, 4) is 0 Å². The quantitative estimate of drug-likeness (QED) is 0.616. The van der Waals surface area contributed by atoms with Crippen molar-refractivity contribution < 1.29 is 4.74 Å². The summed E-state index contributed by atoms with van der Waals surface area (Å²) in [5.41, 5.74) is 4.24. The average molecular weight is 204 g/mol. The molecule has 1 nitrogen and oxygen atoms in total. The van der Waals surface area contributed by atoms with Crippen LogP contribution in [0, 0.1) is 12.3 Å². The van der Waals surface area contributed by atoms with E-state index < -0.39 is 0 Å². The minimum atomic E-state index is 0.175. The smallest absolute Gasteiger partial charge is 0.0884 e. The standard InChI is InChI=1S/C14H20O/c1-9-6-7-11-12(8-9)10(2)15-13(11)14(3,4)5/h6-8,10,13H,1-5H3. The summed E-state index contributed by atoms with van der Waals surface area (Å²) in [5.74, 6) is 0. The van der Waals surface area contributed by atoms with Gasteiger partial charge in [0.1, 0.15) is 0 Å². The Kier molecular flexibility index (Phi) is 2.38. The van der Waals surface area contributed by atoms with Crippen molar-refractivity contribution >= 4 is 0 Å². The first-order valence-corrected chi connectivity index (χ1v) is 5.65. The Hall–Kier alpha value is -0.820. The Labute approximate surface area is 92.5 Å². The molecule has 1 heterocycles. The van der Waals surface area contributed by atoms with Gasteiger partial charge in [0.05, 0.1) is 12.2 Å². The summed E-state index contributed by atoms with van der Waals surface area (Å²) in [7, 11) is 0. The van der Waals surface area contributed by atoms with Gasteiger partial charge >= 0.3 is 0 Å². The Morgan fingerprint density at radius 3 is 2.40 bits per heavy atom. The van der Waals surface area contributed by atoms with Crippen LogP contribution in [0.1, 0.15) is 56.6 Å². The van der Waals surface area contributed by atoms with E-state index in [1.807, 2.05) is 0 Å². The predicted molar refractivity (Wildman–Crippen MR) is 62.9 cm³/mol. The van der Waals surface area contributed by atoms with Gasteiger partial charge in [-0.25, -0.2) is 0 Å². The van der Waals surface area contributed by atoms with Crippen molar-refractivity contribution in [3.05, 3.63) is 34.9 Å². The van der Waals surface area contributed by atoms with Gasteiger partial charge in [0, 0.05) is 0 Å². The monoisotopic (exact) mass is 204 g/mol. The summed E-state index contributed by atoms with van der Waals surface area (Å²) < 4.78 is 6.05. The maximum Gasteiger partial charge on any atom is 0.0884 e. The second-order valence-corrected chi connectivity index (χ2v) is 5.66. The van der Waals surface area contributed by atoms with E-state index in [9.17, 15) is 0 Å². The Morgan fingerprint density at radius 2 is 1.80 bits per heavy atom. The number of aryl methyl sites for hydroxylation is 1. The van der Waals surface area contributed by atoms with Gasteiger partial charge in [-0.1, -0.05) is 44.5 Å². The Morgan fingerprint density at radius 1 is 1.13 bits per heavy atom. The minimum Gasteiger partial charge on any atom is -0.365 e. The van der Waals surface area contributed by atoms with Gasteiger partial charge in [-0.15, -0.1) is 0 Å². The maximum atomic E-state index is 6.05. The van der Waals surface area contributed by atoms with Gasteiger partial charge < -0.3 is 4.74 Å². The van der Waals surface area contributed by atoms with E-state index in [-0.39, 0.29) is 17.6 Å². The van der Waals surface area contributed by atoms with Crippen LogP contribution in [0.3, 0.4) is 0 Å². The Balaban J connectivity index is 2.47. The largest absolute Gasteiger partial charge is 0.365 e. The van der Waals surface area contributed by atoms with E-state index in [4.69, 9.17) is 4.74 Å². The lowest BCUT2D eigenvalue weighted by Gasteiger charge is -2.27. The zero-order valence-corrected chi connectivity index (χ0v) is 10.3. The molecule has 2 atom stereocenters. The summed E-state index contributed by atoms with van der Waals surface area (Å²) in [5, 5.41) is 0. The van der Waals surface area contributed by atoms with E-state index in [0.717, 1.165) is 0 Å². The molecule has 0 N–H and O–H groups in total. The summed E-state index contributed by atoms with van der Waals surface area (Å²) in [6.45, 7) is 11.0. The van der Waals surface area contributed by atoms with Gasteiger partial charge in [0.25, 0.3) is 0 Å². The number of fused-ring (bicyclic) bond motifs is 1. The molecule has 0 fully saturated rings. The predicted octanol–water partition coefficient (Wildman–Crippen LogP) is 4.17. The summed E-state index contributed by atoms with van der Waals surface area (Å²) in [6.07, 6.45) is 0.479. The summed E-state index contributed by atoms with van der Waals surface area (Å²) in [4.78, 5) is 0. The minimum absolute atomic E-state index is 0.175. The van der Waals surface area contributed by atoms with Gasteiger partial charge in [-0.3, -0.25) is 0 Å². The van der Waals surface area contributed by atoms with Crippen LogP contribution in [-0.2, 0) is 4.74 Å². The number of benzene rings is 1. The number of hydrogen-bond donors (Lipinski definition) is 0. The highest BCUT2D eigenvalue weighted by molar-refractivity contribution is 5.38. The lowest BCUT2D eigenvalue weighted by Crippen LogP contribution is -2.17. The molecule has 1 heteroatoms. The van der Waals surface area contributed by atoms with Crippen LogP contribution < -0.4 is 0 Å². The highest BCUT2D eigenvalue weighted by Crippen LogP contribution is 2.47. The fourth-order valence-corrected chi connectivity index (χ4v) is 2.31. The van der Waals surface area contributed by atoms with E-state index in [0.29, 0.717) is 0 Å². The molecule has 0 radical (unpaired) electrons. The van der Waals surface area contributed by atoms with Gasteiger partial charge in [-0.05, 0) is 30.4 Å². The highest BCUT2D eigenvalue weighted by atomic mass is 16.5. The molecule has 0 spiro atoms. The van der Waals surface area contributed by atoms with E-state index >= 15 is 0 Å². The fourth-order valence-electron chi connectivity index (χ4n) is 2.31. The normalized spacial score (nSPS) is 25.4. The first-order valence-electron chi connectivity index (χ1n) is 5.65. The van der Waals surface area contributed by atoms with E-state index in [2.05, 4.69) is 52.8 Å². The average Bonchev–Trinajstić information content (AvgIpc) is 2.43. The van der Waals surface area contributed by atoms with Crippen molar-refractivity contribution in [2.45, 2.75) is 46.8 Å². The third-order valence-corrected chi connectivity index (χ3v) is 3.09. The topological polar surface area (TPSA) is 9.23 Å². The van der Waals surface area contributed by atoms with Crippen molar-refractivity contribution in [1.82, 2.24) is 0 Å². The van der Waals surface area contributed by atoms with Gasteiger partial charge in [-0.2, -0.15) is 0 Å². The van der Waals surface area contributed by atoms with Crippen molar-refractivity contribution in [2.24, 2.45) is 5.41 Å². The van der Waals surface area contributed by atoms with Crippen LogP contribution in [0.4, 0.5) is 0 Å². The summed E-state index contributed by atoms with van der Waals surface area (Å²) in [6, 6.07) is 6.66. The van der Waals surface area contributed by atoms with Gasteiger partial charge in [0.15, 0.2) is 0 Å². The van der Waals surface area contributed by atoms with Crippen molar-refractivity contribution in [2.75, 3.05) is 0 Å². The molecule has 0 saturated carbocycles. The van der Waals surface area contributed by atoms with E-state index in [1.165, 1.54) is 16.7 Å². The second-order valence-electron chi connectivity index (χ2n) is 5.66. The molecule has 1 aromatic rings. The number of rotatable bonds is 0. The molecule has 2 unspecified atom stereocenters. The molecule has 82 valence electrons. The zero-order chi connectivity index (χ0) is 11.2. The van der Waals surface area contributed by atoms with Crippen molar-refractivity contribution in [1.29, 1.82) is 0 Å². The third-order valence-electron chi connectivity index (χ3n) is 3.09. The molecular weight excluding hydrogens is 184 g/mol. The molecule has 0 bridgehead atoms. The lowest BCUT2D eigenvalue weighted by atomic mass is 9.84. The summed E-state index contributed by atoms with van der Waals surface area (Å²) >= 11 is 0. The lowest BCUT2D eigenvalue weighted by molar-refractivity contribution is -0.0395. The maximum absolute atomic E-state index is 6.05. The van der Waals surface area contributed by atoms with Gasteiger partial charge in [0.2, 0.25) is 0 Å². The van der Waals surface area contributed by atoms with Crippen LogP contribution in [0.15, 0.2) is 18.2 Å². The van der Waals surface area contributed by atoms with Crippen LogP contribution in [-0.4, -0.2) is 0 Å². The molecule has 1 aliphatic heterocycles. The first-order chi connectivity index (χ1) is 6.89. The second kappa shape index (κ2) is 3.34. The number of ether oxygens (including phenoxy) is 1. The molecule has 1 aliphatic rings. The SMILES string of the molecule is Cc1ccc2c(c1)C(C)OC2C(C)(C)C. The zero-order valence-electron chi connectivity index (χ0n) is 10.3. The first kappa shape index (κ1) is 10.7. The molecule has 15 heavy (non-hydrogen) atoms. The van der Waals surface area contributed by atoms with E-state index in [1.54, 1.807) is 0 Å².